The van der Waals surface area contributed by atoms with Crippen molar-refractivity contribution >= 4 is 0 Å². The van der Waals surface area contributed by atoms with E-state index in [1.165, 1.54) is 0 Å². The van der Waals surface area contributed by atoms with Crippen LogP contribution in [-0.4, -0.2) is 0 Å². The summed E-state index contributed by atoms with van der Waals surface area (Å²) in [5.41, 5.74) is 1.31. The van der Waals surface area contributed by atoms with E-state index in [0.29, 0.717) is 0 Å². The van der Waals surface area contributed by atoms with E-state index in [0.717, 1.165) is 12.0 Å². The van der Waals surface area contributed by atoms with Crippen molar-refractivity contribution in [2.75, 3.05) is 0 Å². The fourth-order valence-corrected chi connectivity index (χ4v) is 1.75. The van der Waals surface area contributed by atoms with Crippen LogP contribution in [0.1, 0.15) is 27.2 Å². The van der Waals surface area contributed by atoms with Crippen LogP contribution in [0.4, 0.5) is 0 Å². The van der Waals surface area contributed by atoms with Crippen LogP contribution in [-0.2, 0) is 0 Å². The highest BCUT2D eigenvalue weighted by Crippen LogP contribution is 2.40. The summed E-state index contributed by atoms with van der Waals surface area (Å²) < 4.78 is 0. The van der Waals surface area contributed by atoms with Gasteiger partial charge in [-0.2, -0.15) is 10.5 Å². The summed E-state index contributed by atoms with van der Waals surface area (Å²) in [5, 5.41) is 17.6. The minimum atomic E-state index is 0.0481. The van der Waals surface area contributed by atoms with Crippen molar-refractivity contribution in [3.63, 3.8) is 0 Å². The van der Waals surface area contributed by atoms with E-state index in [1.54, 1.807) is 0 Å². The molecule has 0 radical (unpaired) electrons. The van der Waals surface area contributed by atoms with Gasteiger partial charge in [0.15, 0.2) is 0 Å². The highest BCUT2D eigenvalue weighted by atomic mass is 14.4. The third-order valence-electron chi connectivity index (χ3n) is 3.07. The molecule has 0 aliphatic heterocycles. The first kappa shape index (κ1) is 10.5. The smallest absolute Gasteiger partial charge is 0.129 e. The average Bonchev–Trinajstić information content (AvgIpc) is 2.14. The Balaban J connectivity index is 3.20. The van der Waals surface area contributed by atoms with Gasteiger partial charge in [-0.1, -0.05) is 32.9 Å². The Kier molecular flexibility index (Phi) is 2.77. The fraction of sp³-hybridized carbons (Fsp3) is 0.500. The maximum absolute atomic E-state index is 8.81. The standard InChI is InChI=1S/C12H14N2/c1-9-11(10(7-13)8-14)5-4-6-12(9,2)3/h4,6,9H,5H2,1-3H3. The van der Waals surface area contributed by atoms with E-state index < -0.39 is 0 Å². The SMILES string of the molecule is CC1C(=C(C#N)C#N)CC=CC1(C)C. The summed E-state index contributed by atoms with van der Waals surface area (Å²) in [7, 11) is 0. The van der Waals surface area contributed by atoms with Crippen molar-refractivity contribution in [3.8, 4) is 12.1 Å². The maximum atomic E-state index is 8.81. The molecule has 2 nitrogen and oxygen atoms in total. The number of allylic oxidation sites excluding steroid dienone is 4. The van der Waals surface area contributed by atoms with Crippen LogP contribution < -0.4 is 0 Å². The summed E-state index contributed by atoms with van der Waals surface area (Å²) >= 11 is 0. The molecule has 0 heterocycles. The summed E-state index contributed by atoms with van der Waals surface area (Å²) in [4.78, 5) is 0. The van der Waals surface area contributed by atoms with Gasteiger partial charge in [-0.05, 0) is 23.3 Å². The Morgan fingerprint density at radius 3 is 2.50 bits per heavy atom. The number of nitrogens with zero attached hydrogens (tertiary/aromatic N) is 2. The van der Waals surface area contributed by atoms with Gasteiger partial charge in [0.25, 0.3) is 0 Å². The Hall–Kier alpha value is -1.54. The van der Waals surface area contributed by atoms with Crippen molar-refractivity contribution in [3.05, 3.63) is 23.3 Å². The number of hydrogen-bond acceptors (Lipinski definition) is 2. The number of nitriles is 2. The van der Waals surface area contributed by atoms with E-state index in [4.69, 9.17) is 10.5 Å². The normalized spacial score (nSPS) is 23.8. The molecule has 1 atom stereocenters. The molecule has 1 rings (SSSR count). The van der Waals surface area contributed by atoms with Crippen LogP contribution in [0, 0.1) is 34.0 Å². The van der Waals surface area contributed by atoms with E-state index in [-0.39, 0.29) is 16.9 Å². The van der Waals surface area contributed by atoms with Crippen LogP contribution in [0.15, 0.2) is 23.3 Å². The summed E-state index contributed by atoms with van der Waals surface area (Å²) in [6.07, 6.45) is 4.94. The van der Waals surface area contributed by atoms with Crippen molar-refractivity contribution in [1.29, 1.82) is 10.5 Å². The molecule has 0 saturated carbocycles. The maximum Gasteiger partial charge on any atom is 0.129 e. The first-order chi connectivity index (χ1) is 6.53. The van der Waals surface area contributed by atoms with Crippen molar-refractivity contribution < 1.29 is 0 Å². The van der Waals surface area contributed by atoms with Gasteiger partial charge in [0.1, 0.15) is 17.7 Å². The average molecular weight is 186 g/mol. The van der Waals surface area contributed by atoms with Gasteiger partial charge >= 0.3 is 0 Å². The Bertz CT molecular complexity index is 356. The third-order valence-corrected chi connectivity index (χ3v) is 3.07. The molecule has 0 aromatic rings. The van der Waals surface area contributed by atoms with Gasteiger partial charge in [-0.15, -0.1) is 0 Å². The van der Waals surface area contributed by atoms with Crippen LogP contribution in [0.25, 0.3) is 0 Å². The summed E-state index contributed by atoms with van der Waals surface area (Å²) in [6, 6.07) is 3.95. The van der Waals surface area contributed by atoms with Crippen molar-refractivity contribution in [2.24, 2.45) is 11.3 Å². The molecule has 1 unspecified atom stereocenters. The van der Waals surface area contributed by atoms with E-state index in [2.05, 4.69) is 26.8 Å². The lowest BCUT2D eigenvalue weighted by Crippen LogP contribution is -2.24. The van der Waals surface area contributed by atoms with Gasteiger partial charge in [0.05, 0.1) is 0 Å². The molecule has 0 fully saturated rings. The molecule has 0 spiro atoms. The van der Waals surface area contributed by atoms with Gasteiger partial charge in [0, 0.05) is 0 Å². The first-order valence-corrected chi connectivity index (χ1v) is 4.74. The quantitative estimate of drug-likeness (QED) is 0.431. The number of rotatable bonds is 0. The van der Waals surface area contributed by atoms with Gasteiger partial charge < -0.3 is 0 Å². The Morgan fingerprint density at radius 1 is 1.43 bits per heavy atom. The van der Waals surface area contributed by atoms with Crippen LogP contribution in [0.3, 0.4) is 0 Å². The topological polar surface area (TPSA) is 47.6 Å². The van der Waals surface area contributed by atoms with Gasteiger partial charge in [0.2, 0.25) is 0 Å². The van der Waals surface area contributed by atoms with Gasteiger partial charge in [-0.25, -0.2) is 0 Å². The second-order valence-electron chi connectivity index (χ2n) is 4.27. The predicted molar refractivity (Wildman–Crippen MR) is 55.0 cm³/mol. The summed E-state index contributed by atoms with van der Waals surface area (Å²) in [6.45, 7) is 6.33. The summed E-state index contributed by atoms with van der Waals surface area (Å²) in [5.74, 6) is 0.266. The number of hydrogen-bond donors (Lipinski definition) is 0. The molecule has 1 aliphatic rings. The molecular weight excluding hydrogens is 172 g/mol. The fourth-order valence-electron chi connectivity index (χ4n) is 1.75. The molecule has 14 heavy (non-hydrogen) atoms. The Labute approximate surface area is 85.2 Å². The minimum Gasteiger partial charge on any atom is -0.192 e. The largest absolute Gasteiger partial charge is 0.192 e. The second-order valence-corrected chi connectivity index (χ2v) is 4.27. The van der Waals surface area contributed by atoms with E-state index in [9.17, 15) is 0 Å². The molecule has 0 bridgehead atoms. The molecule has 0 N–H and O–H groups in total. The lowest BCUT2D eigenvalue weighted by atomic mass is 9.70. The molecule has 0 saturated heterocycles. The molecule has 0 aromatic carbocycles. The second kappa shape index (κ2) is 3.68. The van der Waals surface area contributed by atoms with E-state index >= 15 is 0 Å². The van der Waals surface area contributed by atoms with Crippen LogP contribution >= 0.6 is 0 Å². The predicted octanol–water partition coefficient (Wildman–Crippen LogP) is 2.95. The van der Waals surface area contributed by atoms with E-state index in [1.807, 2.05) is 18.2 Å². The van der Waals surface area contributed by atoms with Gasteiger partial charge in [-0.3, -0.25) is 0 Å². The molecule has 0 aromatic heterocycles. The zero-order chi connectivity index (χ0) is 10.8. The molecule has 2 heteroatoms. The third kappa shape index (κ3) is 1.70. The molecule has 1 aliphatic carbocycles. The Morgan fingerprint density at radius 2 is 2.00 bits per heavy atom. The van der Waals surface area contributed by atoms with Crippen molar-refractivity contribution in [1.82, 2.24) is 0 Å². The highest BCUT2D eigenvalue weighted by molar-refractivity contribution is 5.43. The monoisotopic (exact) mass is 186 g/mol. The zero-order valence-corrected chi connectivity index (χ0v) is 8.83. The van der Waals surface area contributed by atoms with Crippen LogP contribution in [0.5, 0.6) is 0 Å². The lowest BCUT2D eigenvalue weighted by molar-refractivity contribution is 0.336. The first-order valence-electron chi connectivity index (χ1n) is 4.74. The zero-order valence-electron chi connectivity index (χ0n) is 8.83. The highest BCUT2D eigenvalue weighted by Gasteiger charge is 2.30. The van der Waals surface area contributed by atoms with Crippen LogP contribution in [0.2, 0.25) is 0 Å². The van der Waals surface area contributed by atoms with Crippen molar-refractivity contribution in [2.45, 2.75) is 27.2 Å². The minimum absolute atomic E-state index is 0.0481. The lowest BCUT2D eigenvalue weighted by Gasteiger charge is -2.34. The molecule has 0 amide bonds. The molecule has 72 valence electrons. The molecular formula is C12H14N2.